The topological polar surface area (TPSA) is 78.4 Å². The molecule has 0 saturated carbocycles. The molecule has 1 amide bonds. The third-order valence-corrected chi connectivity index (χ3v) is 1.91. The normalized spacial score (nSPS) is 12.1. The molecule has 0 fully saturated rings. The molecule has 0 saturated heterocycles. The van der Waals surface area contributed by atoms with Crippen LogP contribution < -0.4 is 10.6 Å². The zero-order valence-corrected chi connectivity index (χ0v) is 8.45. The third kappa shape index (κ3) is 6.42. The van der Waals surface area contributed by atoms with Crippen molar-refractivity contribution in [3.8, 4) is 0 Å². The molecule has 0 aliphatic heterocycles. The van der Waals surface area contributed by atoms with Crippen molar-refractivity contribution in [3.63, 3.8) is 0 Å². The lowest BCUT2D eigenvalue weighted by molar-refractivity contribution is -0.140. The summed E-state index contributed by atoms with van der Waals surface area (Å²) >= 11 is 0. The summed E-state index contributed by atoms with van der Waals surface area (Å²) in [6.45, 7) is 3.84. The van der Waals surface area contributed by atoms with E-state index in [1.165, 1.54) is 0 Å². The van der Waals surface area contributed by atoms with Gasteiger partial charge in [0.15, 0.2) is 0 Å². The van der Waals surface area contributed by atoms with E-state index in [4.69, 9.17) is 5.11 Å². The van der Waals surface area contributed by atoms with Gasteiger partial charge in [-0.25, -0.2) is 4.79 Å². The van der Waals surface area contributed by atoms with Crippen molar-refractivity contribution < 1.29 is 14.7 Å². The lowest BCUT2D eigenvalue weighted by atomic mass is 10.1. The summed E-state index contributed by atoms with van der Waals surface area (Å²) in [5.41, 5.74) is 0. The highest BCUT2D eigenvalue weighted by Crippen LogP contribution is 2.00. The van der Waals surface area contributed by atoms with E-state index in [0.717, 1.165) is 25.9 Å². The van der Waals surface area contributed by atoms with Gasteiger partial charge in [0.25, 0.3) is 0 Å². The highest BCUT2D eigenvalue weighted by atomic mass is 16.4. The number of amides is 1. The van der Waals surface area contributed by atoms with E-state index in [9.17, 15) is 9.59 Å². The molecule has 5 nitrogen and oxygen atoms in total. The number of rotatable bonds is 9. The van der Waals surface area contributed by atoms with Gasteiger partial charge < -0.3 is 15.7 Å². The van der Waals surface area contributed by atoms with Crippen LogP contribution in [-0.2, 0) is 9.59 Å². The Kier molecular flexibility index (Phi) is 7.83. The fraction of sp³-hybridized carbons (Fsp3) is 0.778. The summed E-state index contributed by atoms with van der Waals surface area (Å²) in [5, 5.41) is 14.1. The Balaban J connectivity index is 3.50. The zero-order chi connectivity index (χ0) is 10.8. The number of hydrogen-bond donors (Lipinski definition) is 3. The molecule has 0 aliphatic carbocycles. The van der Waals surface area contributed by atoms with E-state index in [-0.39, 0.29) is 0 Å². The van der Waals surface area contributed by atoms with Crippen LogP contribution >= 0.6 is 0 Å². The Labute approximate surface area is 83.9 Å². The maximum Gasteiger partial charge on any atom is 0.326 e. The first-order chi connectivity index (χ1) is 6.72. The van der Waals surface area contributed by atoms with Gasteiger partial charge >= 0.3 is 5.97 Å². The van der Waals surface area contributed by atoms with E-state index in [2.05, 4.69) is 10.6 Å². The second kappa shape index (κ2) is 8.50. The molecule has 0 bridgehead atoms. The molecule has 5 heteroatoms. The largest absolute Gasteiger partial charge is 0.480 e. The number of carbonyl (C=O) groups excluding carboxylic acids is 1. The minimum Gasteiger partial charge on any atom is -0.480 e. The van der Waals surface area contributed by atoms with Gasteiger partial charge in [-0.05, 0) is 32.4 Å². The molecule has 82 valence electrons. The number of unbranched alkanes of at least 4 members (excludes halogenated alkanes) is 1. The average Bonchev–Trinajstić information content (AvgIpc) is 2.15. The Hall–Kier alpha value is -1.10. The van der Waals surface area contributed by atoms with E-state index in [1.807, 2.05) is 6.92 Å². The maximum atomic E-state index is 10.6. The number of carboxylic acids is 1. The van der Waals surface area contributed by atoms with Crippen molar-refractivity contribution in [1.29, 1.82) is 0 Å². The van der Waals surface area contributed by atoms with Gasteiger partial charge in [-0.15, -0.1) is 0 Å². The van der Waals surface area contributed by atoms with E-state index >= 15 is 0 Å². The van der Waals surface area contributed by atoms with Crippen LogP contribution in [0, 0.1) is 0 Å². The third-order valence-electron chi connectivity index (χ3n) is 1.91. The molecule has 0 rings (SSSR count). The van der Waals surface area contributed by atoms with Crippen LogP contribution in [0.1, 0.15) is 26.2 Å². The highest BCUT2D eigenvalue weighted by Gasteiger charge is 2.14. The molecule has 1 unspecified atom stereocenters. The lowest BCUT2D eigenvalue weighted by Gasteiger charge is -2.10. The molecular formula is C9H18N2O3. The summed E-state index contributed by atoms with van der Waals surface area (Å²) in [4.78, 5) is 20.6. The molecule has 0 radical (unpaired) electrons. The minimum atomic E-state index is -0.972. The van der Waals surface area contributed by atoms with Gasteiger partial charge in [0.05, 0.1) is 0 Å². The lowest BCUT2D eigenvalue weighted by Crippen LogP contribution is -2.35. The van der Waals surface area contributed by atoms with Crippen LogP contribution in [-0.4, -0.2) is 36.6 Å². The summed E-state index contributed by atoms with van der Waals surface area (Å²) < 4.78 is 0. The Bertz CT molecular complexity index is 173. The summed E-state index contributed by atoms with van der Waals surface area (Å²) in [7, 11) is 0. The van der Waals surface area contributed by atoms with Gasteiger partial charge in [0.1, 0.15) is 6.04 Å². The first-order valence-corrected chi connectivity index (χ1v) is 4.85. The van der Waals surface area contributed by atoms with Crippen molar-refractivity contribution in [2.75, 3.05) is 13.1 Å². The summed E-state index contributed by atoms with van der Waals surface area (Å²) in [6, 6.07) is -0.742. The molecule has 0 aliphatic rings. The van der Waals surface area contributed by atoms with E-state index in [0.29, 0.717) is 12.8 Å². The molecule has 3 N–H and O–H groups in total. The fourth-order valence-corrected chi connectivity index (χ4v) is 1.14. The first-order valence-electron chi connectivity index (χ1n) is 4.85. The molecule has 0 heterocycles. The van der Waals surface area contributed by atoms with Gasteiger partial charge in [0.2, 0.25) is 6.41 Å². The van der Waals surface area contributed by atoms with Gasteiger partial charge in [-0.3, -0.25) is 4.79 Å². The Morgan fingerprint density at radius 1 is 1.50 bits per heavy atom. The number of carboxylic acid groups (broad SMARTS) is 1. The Morgan fingerprint density at radius 3 is 2.71 bits per heavy atom. The maximum absolute atomic E-state index is 10.6. The van der Waals surface area contributed by atoms with Crippen LogP contribution in [0.2, 0.25) is 0 Å². The molecule has 0 aromatic rings. The number of carbonyl (C=O) groups is 2. The predicted molar refractivity (Wildman–Crippen MR) is 53.0 cm³/mol. The quantitative estimate of drug-likeness (QED) is 0.362. The predicted octanol–water partition coefficient (Wildman–Crippen LogP) is -0.0346. The first kappa shape index (κ1) is 12.9. The monoisotopic (exact) mass is 202 g/mol. The van der Waals surface area contributed by atoms with Gasteiger partial charge in [-0.1, -0.05) is 6.92 Å². The summed E-state index contributed by atoms with van der Waals surface area (Å²) in [6.07, 6.45) is 2.64. The van der Waals surface area contributed by atoms with Crippen LogP contribution in [0.5, 0.6) is 0 Å². The molecular weight excluding hydrogens is 184 g/mol. The van der Waals surface area contributed by atoms with Crippen molar-refractivity contribution in [3.05, 3.63) is 0 Å². The number of nitrogens with one attached hydrogen (secondary N) is 2. The fourth-order valence-electron chi connectivity index (χ4n) is 1.14. The Morgan fingerprint density at radius 2 is 2.21 bits per heavy atom. The zero-order valence-electron chi connectivity index (χ0n) is 8.45. The van der Waals surface area contributed by atoms with Crippen molar-refractivity contribution in [2.24, 2.45) is 0 Å². The van der Waals surface area contributed by atoms with Crippen molar-refractivity contribution in [2.45, 2.75) is 32.2 Å². The van der Waals surface area contributed by atoms with Crippen LogP contribution in [0.25, 0.3) is 0 Å². The minimum absolute atomic E-state index is 0.434. The number of hydrogen-bond acceptors (Lipinski definition) is 3. The summed E-state index contributed by atoms with van der Waals surface area (Å²) in [5.74, 6) is -0.972. The smallest absolute Gasteiger partial charge is 0.326 e. The highest BCUT2D eigenvalue weighted by molar-refractivity contribution is 5.76. The van der Waals surface area contributed by atoms with Gasteiger partial charge in [0, 0.05) is 0 Å². The van der Waals surface area contributed by atoms with Crippen LogP contribution in [0.3, 0.4) is 0 Å². The molecule has 1 atom stereocenters. The second-order valence-corrected chi connectivity index (χ2v) is 3.02. The number of aliphatic carboxylic acids is 1. The van der Waals surface area contributed by atoms with E-state index in [1.54, 1.807) is 0 Å². The second-order valence-electron chi connectivity index (χ2n) is 3.02. The van der Waals surface area contributed by atoms with Crippen molar-refractivity contribution in [1.82, 2.24) is 10.6 Å². The molecule has 0 aromatic heterocycles. The SMILES string of the molecule is CCNCCCCC(NC=O)C(=O)O. The molecule has 0 aromatic carbocycles. The van der Waals surface area contributed by atoms with Crippen LogP contribution in [0.15, 0.2) is 0 Å². The molecule has 0 spiro atoms. The average molecular weight is 202 g/mol. The van der Waals surface area contributed by atoms with Crippen LogP contribution in [0.4, 0.5) is 0 Å². The standard InChI is InChI=1S/C9H18N2O3/c1-2-10-6-4-3-5-8(9(13)14)11-7-12/h7-8,10H,2-6H2,1H3,(H,11,12)(H,13,14). The van der Waals surface area contributed by atoms with Crippen molar-refractivity contribution >= 4 is 12.4 Å². The van der Waals surface area contributed by atoms with Gasteiger partial charge in [-0.2, -0.15) is 0 Å². The molecule has 14 heavy (non-hydrogen) atoms. The van der Waals surface area contributed by atoms with E-state index < -0.39 is 12.0 Å².